The van der Waals surface area contributed by atoms with Gasteiger partial charge in [-0.2, -0.15) is 0 Å². The summed E-state index contributed by atoms with van der Waals surface area (Å²) in [6.07, 6.45) is 0.443. The monoisotopic (exact) mass is 323 g/mol. The minimum atomic E-state index is -0.285. The first-order valence-electron chi connectivity index (χ1n) is 6.02. The molecular weight excluding hydrogens is 309 g/mol. The van der Waals surface area contributed by atoms with Gasteiger partial charge in [-0.15, -0.1) is 0 Å². The molecule has 100 valence electrons. The summed E-state index contributed by atoms with van der Waals surface area (Å²) in [6.45, 7) is 1.84. The minimum Gasteiger partial charge on any atom is -0.457 e. The fourth-order valence-electron chi connectivity index (χ4n) is 1.78. The van der Waals surface area contributed by atoms with E-state index in [1.807, 2.05) is 31.2 Å². The van der Waals surface area contributed by atoms with Crippen LogP contribution in [-0.4, -0.2) is 6.04 Å². The molecule has 0 fully saturated rings. The van der Waals surface area contributed by atoms with Crippen molar-refractivity contribution in [2.45, 2.75) is 19.4 Å². The van der Waals surface area contributed by atoms with Crippen LogP contribution in [0.1, 0.15) is 12.5 Å². The highest BCUT2D eigenvalue weighted by Crippen LogP contribution is 2.28. The molecule has 19 heavy (non-hydrogen) atoms. The van der Waals surface area contributed by atoms with Gasteiger partial charge in [0.05, 0.1) is 0 Å². The molecule has 0 heterocycles. The van der Waals surface area contributed by atoms with Crippen molar-refractivity contribution in [2.75, 3.05) is 0 Å². The zero-order valence-electron chi connectivity index (χ0n) is 10.6. The van der Waals surface area contributed by atoms with Crippen molar-refractivity contribution in [1.29, 1.82) is 0 Å². The van der Waals surface area contributed by atoms with Crippen LogP contribution in [0.4, 0.5) is 4.39 Å². The smallest absolute Gasteiger partial charge is 0.133 e. The van der Waals surface area contributed by atoms with Crippen LogP contribution in [0.2, 0.25) is 0 Å². The third-order valence-corrected chi connectivity index (χ3v) is 3.17. The van der Waals surface area contributed by atoms with E-state index in [0.29, 0.717) is 23.5 Å². The average molecular weight is 324 g/mol. The number of nitrogens with two attached hydrogens (primary N) is 1. The van der Waals surface area contributed by atoms with Crippen LogP contribution in [-0.2, 0) is 6.42 Å². The van der Waals surface area contributed by atoms with E-state index >= 15 is 0 Å². The normalized spacial score (nSPS) is 12.2. The first-order chi connectivity index (χ1) is 9.06. The SMILES string of the molecule is CC(N)Cc1c(F)cccc1Oc1ccc(Br)cc1. The van der Waals surface area contributed by atoms with Gasteiger partial charge in [0, 0.05) is 16.1 Å². The van der Waals surface area contributed by atoms with Crippen LogP contribution in [0.15, 0.2) is 46.9 Å². The molecule has 0 saturated heterocycles. The fraction of sp³-hybridized carbons (Fsp3) is 0.200. The van der Waals surface area contributed by atoms with Crippen molar-refractivity contribution < 1.29 is 9.13 Å². The van der Waals surface area contributed by atoms with Crippen LogP contribution in [0.5, 0.6) is 11.5 Å². The lowest BCUT2D eigenvalue weighted by atomic mass is 10.1. The Balaban J connectivity index is 2.29. The van der Waals surface area contributed by atoms with Gasteiger partial charge < -0.3 is 10.5 Å². The van der Waals surface area contributed by atoms with Gasteiger partial charge in [0.25, 0.3) is 0 Å². The van der Waals surface area contributed by atoms with E-state index in [1.54, 1.807) is 12.1 Å². The van der Waals surface area contributed by atoms with Crippen LogP contribution in [0.3, 0.4) is 0 Å². The predicted octanol–water partition coefficient (Wildman–Crippen LogP) is 4.27. The molecule has 0 aliphatic heterocycles. The quantitative estimate of drug-likeness (QED) is 0.911. The second-order valence-electron chi connectivity index (χ2n) is 4.45. The van der Waals surface area contributed by atoms with Crippen LogP contribution >= 0.6 is 15.9 Å². The van der Waals surface area contributed by atoms with Gasteiger partial charge in [-0.1, -0.05) is 22.0 Å². The summed E-state index contributed by atoms with van der Waals surface area (Å²) >= 11 is 3.36. The average Bonchev–Trinajstić information content (AvgIpc) is 2.36. The van der Waals surface area contributed by atoms with E-state index < -0.39 is 0 Å². The lowest BCUT2D eigenvalue weighted by Gasteiger charge is -2.13. The summed E-state index contributed by atoms with van der Waals surface area (Å²) < 4.78 is 20.5. The molecule has 1 atom stereocenters. The summed E-state index contributed by atoms with van der Waals surface area (Å²) in [6, 6.07) is 12.1. The summed E-state index contributed by atoms with van der Waals surface area (Å²) in [5.74, 6) is 0.895. The number of ether oxygens (including phenoxy) is 1. The first-order valence-corrected chi connectivity index (χ1v) is 6.82. The molecule has 0 spiro atoms. The maximum Gasteiger partial charge on any atom is 0.133 e. The van der Waals surface area contributed by atoms with Crippen molar-refractivity contribution in [1.82, 2.24) is 0 Å². The molecule has 1 unspecified atom stereocenters. The van der Waals surface area contributed by atoms with Crippen molar-refractivity contribution >= 4 is 15.9 Å². The van der Waals surface area contributed by atoms with Crippen molar-refractivity contribution in [3.63, 3.8) is 0 Å². The molecule has 4 heteroatoms. The summed E-state index contributed by atoms with van der Waals surface area (Å²) in [5, 5.41) is 0. The molecule has 2 aromatic carbocycles. The topological polar surface area (TPSA) is 35.2 Å². The Morgan fingerprint density at radius 2 is 1.89 bits per heavy atom. The molecule has 0 radical (unpaired) electrons. The van der Waals surface area contributed by atoms with E-state index in [9.17, 15) is 4.39 Å². The Morgan fingerprint density at radius 3 is 2.53 bits per heavy atom. The van der Waals surface area contributed by atoms with E-state index in [4.69, 9.17) is 10.5 Å². The molecule has 0 aromatic heterocycles. The number of halogens is 2. The van der Waals surface area contributed by atoms with Gasteiger partial charge in [0.2, 0.25) is 0 Å². The lowest BCUT2D eigenvalue weighted by molar-refractivity contribution is 0.463. The van der Waals surface area contributed by atoms with Crippen molar-refractivity contribution in [3.8, 4) is 11.5 Å². The van der Waals surface area contributed by atoms with Crippen molar-refractivity contribution in [2.24, 2.45) is 5.73 Å². The van der Waals surface area contributed by atoms with Gasteiger partial charge >= 0.3 is 0 Å². The van der Waals surface area contributed by atoms with E-state index in [0.717, 1.165) is 4.47 Å². The number of hydrogen-bond acceptors (Lipinski definition) is 2. The molecule has 2 N–H and O–H groups in total. The van der Waals surface area contributed by atoms with Crippen LogP contribution in [0, 0.1) is 5.82 Å². The third-order valence-electron chi connectivity index (χ3n) is 2.64. The largest absolute Gasteiger partial charge is 0.457 e. The van der Waals surface area contributed by atoms with Gasteiger partial charge in [-0.25, -0.2) is 4.39 Å². The van der Waals surface area contributed by atoms with Gasteiger partial charge in [0.15, 0.2) is 0 Å². The molecule has 0 aliphatic carbocycles. The predicted molar refractivity (Wildman–Crippen MR) is 78.0 cm³/mol. The number of rotatable bonds is 4. The van der Waals surface area contributed by atoms with Gasteiger partial charge in [-0.05, 0) is 49.7 Å². The molecule has 2 rings (SSSR count). The minimum absolute atomic E-state index is 0.121. The molecule has 2 aromatic rings. The summed E-state index contributed by atoms with van der Waals surface area (Å²) in [5.41, 5.74) is 6.26. The Labute approximate surface area is 120 Å². The highest BCUT2D eigenvalue weighted by atomic mass is 79.9. The highest BCUT2D eigenvalue weighted by Gasteiger charge is 2.12. The first kappa shape index (κ1) is 14.0. The number of benzene rings is 2. The van der Waals surface area contributed by atoms with Gasteiger partial charge in [0.1, 0.15) is 17.3 Å². The number of hydrogen-bond donors (Lipinski definition) is 1. The van der Waals surface area contributed by atoms with E-state index in [1.165, 1.54) is 6.07 Å². The molecule has 0 aliphatic rings. The molecule has 0 amide bonds. The van der Waals surface area contributed by atoms with Crippen LogP contribution < -0.4 is 10.5 Å². The summed E-state index contributed by atoms with van der Waals surface area (Å²) in [7, 11) is 0. The zero-order valence-corrected chi connectivity index (χ0v) is 12.2. The highest BCUT2D eigenvalue weighted by molar-refractivity contribution is 9.10. The molecular formula is C15H15BrFNO. The Kier molecular flexibility index (Phi) is 4.56. The maximum absolute atomic E-state index is 13.8. The van der Waals surface area contributed by atoms with E-state index in [-0.39, 0.29) is 11.9 Å². The van der Waals surface area contributed by atoms with Gasteiger partial charge in [-0.3, -0.25) is 0 Å². The zero-order chi connectivity index (χ0) is 13.8. The van der Waals surface area contributed by atoms with E-state index in [2.05, 4.69) is 15.9 Å². The standard InChI is InChI=1S/C15H15BrFNO/c1-10(18)9-13-14(17)3-2-4-15(13)19-12-7-5-11(16)6-8-12/h2-8,10H,9,18H2,1H3. The maximum atomic E-state index is 13.8. The summed E-state index contributed by atoms with van der Waals surface area (Å²) in [4.78, 5) is 0. The molecule has 0 saturated carbocycles. The molecule has 2 nitrogen and oxygen atoms in total. The Bertz CT molecular complexity index is 555. The second kappa shape index (κ2) is 6.17. The fourth-order valence-corrected chi connectivity index (χ4v) is 2.05. The lowest BCUT2D eigenvalue weighted by Crippen LogP contribution is -2.19. The van der Waals surface area contributed by atoms with Crippen LogP contribution in [0.25, 0.3) is 0 Å². The molecule has 0 bridgehead atoms. The third kappa shape index (κ3) is 3.78. The Morgan fingerprint density at radius 1 is 1.21 bits per heavy atom. The van der Waals surface area contributed by atoms with Crippen molar-refractivity contribution in [3.05, 3.63) is 58.3 Å². The second-order valence-corrected chi connectivity index (χ2v) is 5.37. The Hall–Kier alpha value is -1.39.